The lowest BCUT2D eigenvalue weighted by Gasteiger charge is -2.14. The van der Waals surface area contributed by atoms with Crippen molar-refractivity contribution in [3.8, 4) is 33.4 Å². The van der Waals surface area contributed by atoms with Gasteiger partial charge in [-0.2, -0.15) is 39.5 Å². The number of fused-ring (bicyclic) bond motifs is 3. The third-order valence-electron chi connectivity index (χ3n) is 17.8. The zero-order valence-electron chi connectivity index (χ0n) is 63.2. The number of H-pyrrole nitrogens is 1. The van der Waals surface area contributed by atoms with Gasteiger partial charge in [0.1, 0.15) is 36.2 Å². The van der Waals surface area contributed by atoms with E-state index < -0.39 is 89.7 Å². The Hall–Kier alpha value is -11.9. The largest absolute Gasteiger partial charge is 0.445 e. The number of nitrogens with two attached hydrogens (primary N) is 2. The Morgan fingerprint density at radius 3 is 1.24 bits per heavy atom. The van der Waals surface area contributed by atoms with Crippen LogP contribution in [0.3, 0.4) is 0 Å². The van der Waals surface area contributed by atoms with Gasteiger partial charge >= 0.3 is 30.7 Å². The number of rotatable bonds is 27. The number of carbonyl (C=O) groups excluding carboxylic acids is 5. The van der Waals surface area contributed by atoms with E-state index in [4.69, 9.17) is 22.3 Å². The van der Waals surface area contributed by atoms with Crippen molar-refractivity contribution >= 4 is 63.0 Å². The Balaban J connectivity index is 0.000000214. The fourth-order valence-corrected chi connectivity index (χ4v) is 11.9. The van der Waals surface area contributed by atoms with Crippen LogP contribution in [0.4, 0.5) is 66.7 Å². The van der Waals surface area contributed by atoms with E-state index in [1.165, 1.54) is 80.8 Å². The van der Waals surface area contributed by atoms with Gasteiger partial charge in [-0.3, -0.25) is 18.8 Å². The van der Waals surface area contributed by atoms with E-state index in [1.807, 2.05) is 74.5 Å². The molecule has 0 aliphatic rings. The van der Waals surface area contributed by atoms with Crippen LogP contribution in [0.25, 0.3) is 66.5 Å². The molecule has 20 nitrogen and oxygen atoms in total. The summed E-state index contributed by atoms with van der Waals surface area (Å²) in [4.78, 5) is 76.8. The standard InChI is InChI=1S/C30H30F4N4O3.C29H28F4N4O3.C21H23F4N5O.CH3F/c1-19(7-6-14-35-29(40)41-18-20-8-4-3-5-9-20)17-36-28(39)27-37-25-16-22(21-10-12-23(31)13-11-21)15-24(30(32,33)34)26(25)38(27)2;1-18(6-5-13-34-28(39)40-17-19-7-3-2-4-8-19)16-35-27(38)26-36-24-15-21(20-9-11-22(30)12-10-20)14-23(25(24)37-26)29(31,32)33;1-30-18-16(21(23,24)25)9-13(12-4-6-14(22)7-5-12)10-17(18)29-19(30)20(31)28-11-15(27)3-2-8-26;1-2/h3-5,8-13,15-16,19H,6-7,14,17-18H2,1-2H3,(H,35,40)(H,36,39);2-4,7-12,14-15,18H,5-6,13,16-17H2,1H3,(H,34,39)(H,35,38)(H,36,37);4-7,9-10,15H,2-3,8,11,26-27H2,1H3,(H,28,31);1H3/t19-;18-;15-;/m000./s1/i;;;1D. The summed E-state index contributed by atoms with van der Waals surface area (Å²) < 4.78 is 193. The molecule has 0 unspecified atom stereocenters. The van der Waals surface area contributed by atoms with E-state index in [-0.39, 0.29) is 118 Å². The van der Waals surface area contributed by atoms with Gasteiger partial charge in [0.2, 0.25) is 0 Å². The summed E-state index contributed by atoms with van der Waals surface area (Å²) in [6.07, 6.45) is -11.2. The summed E-state index contributed by atoms with van der Waals surface area (Å²) in [6, 6.07) is 40.8. The summed E-state index contributed by atoms with van der Waals surface area (Å²) in [5.41, 5.74) is 11.3. The molecular weight excluding hydrogens is 1510 g/mol. The van der Waals surface area contributed by atoms with Crippen molar-refractivity contribution in [1.29, 1.82) is 0 Å². The molecule has 114 heavy (non-hydrogen) atoms. The highest BCUT2D eigenvalue weighted by Gasteiger charge is 2.39. The number of aromatic nitrogens is 6. The smallest absolute Gasteiger partial charge is 0.418 e. The molecule has 11 rings (SSSR count). The van der Waals surface area contributed by atoms with Gasteiger partial charge in [0.15, 0.2) is 17.5 Å². The number of aromatic amines is 1. The fraction of sp³-hybridized carbons (Fsp3) is 0.309. The van der Waals surface area contributed by atoms with Crippen molar-refractivity contribution in [3.05, 3.63) is 233 Å². The van der Waals surface area contributed by atoms with Crippen molar-refractivity contribution in [2.75, 3.05) is 46.4 Å². The molecule has 0 saturated carbocycles. The summed E-state index contributed by atoms with van der Waals surface area (Å²) >= 11 is 0. The number of halogens is 13. The molecule has 10 N–H and O–H groups in total. The molecule has 33 heteroatoms. The zero-order chi connectivity index (χ0) is 83.7. The van der Waals surface area contributed by atoms with Crippen molar-refractivity contribution in [2.45, 2.75) is 90.2 Å². The number of benzene rings is 8. The van der Waals surface area contributed by atoms with Gasteiger partial charge in [-0.05, 0) is 174 Å². The summed E-state index contributed by atoms with van der Waals surface area (Å²) in [7, 11) is 1.72. The van der Waals surface area contributed by atoms with Gasteiger partial charge in [0, 0.05) is 52.9 Å². The van der Waals surface area contributed by atoms with Crippen molar-refractivity contribution < 1.29 is 91.9 Å². The highest BCUT2D eigenvalue weighted by atomic mass is 19.4. The molecule has 0 saturated heterocycles. The zero-order valence-corrected chi connectivity index (χ0v) is 62.2. The molecule has 0 radical (unpaired) electrons. The Morgan fingerprint density at radius 2 is 0.851 bits per heavy atom. The number of ether oxygens (including phenoxy) is 2. The molecule has 3 aromatic heterocycles. The fourth-order valence-electron chi connectivity index (χ4n) is 11.9. The lowest BCUT2D eigenvalue weighted by Crippen LogP contribution is -2.38. The van der Waals surface area contributed by atoms with Crippen LogP contribution < -0.4 is 38.1 Å². The minimum absolute atomic E-state index is 0.00470. The van der Waals surface area contributed by atoms with Gasteiger partial charge in [-0.1, -0.05) is 111 Å². The van der Waals surface area contributed by atoms with E-state index in [1.54, 1.807) is 0 Å². The third-order valence-corrected chi connectivity index (χ3v) is 17.8. The molecule has 0 bridgehead atoms. The first-order chi connectivity index (χ1) is 54.6. The molecule has 0 fully saturated rings. The van der Waals surface area contributed by atoms with Crippen molar-refractivity contribution in [2.24, 2.45) is 37.4 Å². The Morgan fingerprint density at radius 1 is 0.482 bits per heavy atom. The number of alkyl halides is 10. The van der Waals surface area contributed by atoms with Crippen LogP contribution >= 0.6 is 0 Å². The molecule has 5 amide bonds. The second-order valence-corrected chi connectivity index (χ2v) is 26.6. The van der Waals surface area contributed by atoms with Crippen LogP contribution in [0.15, 0.2) is 170 Å². The number of carbonyl (C=O) groups is 5. The van der Waals surface area contributed by atoms with E-state index in [9.17, 15) is 81.0 Å². The first-order valence-corrected chi connectivity index (χ1v) is 35.7. The van der Waals surface area contributed by atoms with Crippen LogP contribution in [0.1, 0.15) is 113 Å². The van der Waals surface area contributed by atoms with Crippen molar-refractivity contribution in [1.82, 2.24) is 55.7 Å². The first kappa shape index (κ1) is 86.1. The molecule has 8 aromatic carbocycles. The van der Waals surface area contributed by atoms with Gasteiger partial charge < -0.3 is 61.6 Å². The maximum Gasteiger partial charge on any atom is 0.418 e. The number of hydrogen-bond acceptors (Lipinski definition) is 12. The molecule has 11 aromatic rings. The molecule has 0 aliphatic carbocycles. The molecule has 606 valence electrons. The predicted molar refractivity (Wildman–Crippen MR) is 405 cm³/mol. The van der Waals surface area contributed by atoms with Gasteiger partial charge in [-0.25, -0.2) is 37.7 Å². The van der Waals surface area contributed by atoms with E-state index >= 15 is 0 Å². The Labute approximate surface area is 648 Å². The molecule has 0 aliphatic heterocycles. The average molecular weight is 1600 g/mol. The summed E-state index contributed by atoms with van der Waals surface area (Å²) in [5, 5.41) is 13.4. The van der Waals surface area contributed by atoms with Crippen LogP contribution in [0.5, 0.6) is 0 Å². The SMILES string of the molecule is C[C@@H](CCCNC(=O)OCc1ccccc1)CNC(=O)c1nc2c(C(F)(F)F)cc(-c3ccc(F)cc3)cc2[nH]1.C[C@@H](CCCNC(=O)OCc1ccccc1)CNC(=O)c1nc2cc(-c3ccc(F)cc3)cc(C(F)(F)F)c2n1C.Cn1c(C(=O)NC[C@@H](N)CCCN)nc2cc(-c3ccc(F)cc3)cc(C(F)(F)F)c21.[2H]CF. The van der Waals surface area contributed by atoms with E-state index in [0.717, 1.165) is 62.7 Å². The van der Waals surface area contributed by atoms with E-state index in [2.05, 4.69) is 46.5 Å². The van der Waals surface area contributed by atoms with Crippen LogP contribution in [-0.4, -0.2) is 111 Å². The molecule has 3 heterocycles. The minimum atomic E-state index is -4.71. The number of alkyl carbamates (subject to hydrolysis) is 2. The van der Waals surface area contributed by atoms with Gasteiger partial charge in [-0.15, -0.1) is 0 Å². The highest BCUT2D eigenvalue weighted by molar-refractivity contribution is 5.99. The lowest BCUT2D eigenvalue weighted by atomic mass is 10.0. The monoisotopic (exact) mass is 1600 g/mol. The Bertz CT molecular complexity index is 5050. The molecule has 3 atom stereocenters. The number of imidazole rings is 3. The van der Waals surface area contributed by atoms with Crippen LogP contribution in [0, 0.1) is 29.3 Å². The molecular formula is C81H84F13N13O7. The lowest BCUT2D eigenvalue weighted by molar-refractivity contribution is -0.137. The highest BCUT2D eigenvalue weighted by Crippen LogP contribution is 2.41. The maximum atomic E-state index is 14.0. The summed E-state index contributed by atoms with van der Waals surface area (Å²) in [5.74, 6) is -3.87. The minimum Gasteiger partial charge on any atom is -0.445 e. The summed E-state index contributed by atoms with van der Waals surface area (Å²) in [6.45, 7) is 6.12. The second kappa shape index (κ2) is 40.5. The number of amides is 5. The predicted octanol–water partition coefficient (Wildman–Crippen LogP) is 16.7. The quantitative estimate of drug-likeness (QED) is 0.0176. The topological polar surface area (TPSA) is 280 Å². The normalized spacial score (nSPS) is 12.4. The van der Waals surface area contributed by atoms with Gasteiger partial charge in [0.25, 0.3) is 17.7 Å². The number of hydrogen-bond donors (Lipinski definition) is 8. The number of nitrogens with one attached hydrogen (secondary N) is 6. The number of nitrogens with zero attached hydrogens (tertiary/aromatic N) is 5. The van der Waals surface area contributed by atoms with Gasteiger partial charge in [0.05, 0.1) is 52.8 Å². The average Bonchev–Trinajstić information content (AvgIpc) is 1.72. The molecule has 0 spiro atoms. The van der Waals surface area contributed by atoms with Crippen LogP contribution in [-0.2, 0) is 55.3 Å². The van der Waals surface area contributed by atoms with Crippen molar-refractivity contribution in [3.63, 3.8) is 0 Å². The first-order valence-electron chi connectivity index (χ1n) is 36.4. The maximum absolute atomic E-state index is 14.0. The van der Waals surface area contributed by atoms with Crippen LogP contribution in [0.2, 0.25) is 0 Å². The second-order valence-electron chi connectivity index (χ2n) is 26.6. The van der Waals surface area contributed by atoms with E-state index in [0.29, 0.717) is 74.8 Å². The Kier molecular flexibility index (Phi) is 30.6. The third kappa shape index (κ3) is 24.8. The number of aryl methyl sites for hydroxylation is 2.